The topological polar surface area (TPSA) is 173 Å². The van der Waals surface area contributed by atoms with Crippen molar-refractivity contribution in [1.82, 2.24) is 24.8 Å². The van der Waals surface area contributed by atoms with Crippen molar-refractivity contribution in [1.29, 1.82) is 0 Å². The number of hydrogen-bond donors (Lipinski definition) is 3. The van der Waals surface area contributed by atoms with E-state index < -0.39 is 15.9 Å². The Balaban J connectivity index is 0.973. The average Bonchev–Trinajstić information content (AvgIpc) is 3.75. The number of carbonyl (C=O) groups is 2. The molecular weight excluding hydrogens is 850 g/mol. The fraction of sp³-hybridized carbons (Fsp3) is 0.391. The number of nitrogens with zero attached hydrogens (tertiary/aromatic N) is 4. The van der Waals surface area contributed by atoms with Gasteiger partial charge in [0, 0.05) is 55.4 Å². The molecular formula is C46H51Cl2N7O6S. The molecule has 1 saturated heterocycles. The van der Waals surface area contributed by atoms with Gasteiger partial charge in [0.25, 0.3) is 15.9 Å². The van der Waals surface area contributed by atoms with Gasteiger partial charge in [0.15, 0.2) is 0 Å². The molecule has 5 aromatic rings. The number of hydrogen-bond acceptors (Lipinski definition) is 10. The van der Waals surface area contributed by atoms with Crippen molar-refractivity contribution < 1.29 is 27.5 Å². The maximum absolute atomic E-state index is 13.9. The number of allylic oxidation sites excluding steroid dienone is 1. The summed E-state index contributed by atoms with van der Waals surface area (Å²) < 4.78 is 41.7. The number of nitrogens with one attached hydrogen (secondary N) is 2. The minimum atomic E-state index is -4.43. The lowest BCUT2D eigenvalue weighted by molar-refractivity contribution is -0.123. The predicted octanol–water partition coefficient (Wildman–Crippen LogP) is 8.63. The minimum Gasteiger partial charge on any atom is -0.476 e. The normalized spacial score (nSPS) is 19.6. The number of anilines is 1. The highest BCUT2D eigenvalue weighted by Crippen LogP contribution is 2.44. The van der Waals surface area contributed by atoms with Crippen LogP contribution < -0.4 is 24.8 Å². The molecule has 8 rings (SSSR count). The molecule has 2 amide bonds. The molecule has 0 radical (unpaired) electrons. The summed E-state index contributed by atoms with van der Waals surface area (Å²) in [6.07, 6.45) is 8.89. The quantitative estimate of drug-likeness (QED) is 0.104. The molecule has 2 aromatic heterocycles. The van der Waals surface area contributed by atoms with Crippen molar-refractivity contribution in [2.75, 3.05) is 44.2 Å². The Morgan fingerprint density at radius 3 is 2.44 bits per heavy atom. The van der Waals surface area contributed by atoms with Crippen LogP contribution >= 0.6 is 23.2 Å². The van der Waals surface area contributed by atoms with Crippen LogP contribution in [0.25, 0.3) is 16.5 Å². The van der Waals surface area contributed by atoms with Crippen LogP contribution in [0.5, 0.6) is 17.4 Å². The van der Waals surface area contributed by atoms with E-state index in [0.717, 1.165) is 87.3 Å². The van der Waals surface area contributed by atoms with E-state index in [-0.39, 0.29) is 50.3 Å². The zero-order valence-electron chi connectivity index (χ0n) is 34.8. The first kappa shape index (κ1) is 43.5. The number of halogens is 2. The van der Waals surface area contributed by atoms with Gasteiger partial charge in [-0.1, -0.05) is 60.8 Å². The zero-order valence-corrected chi connectivity index (χ0v) is 37.2. The number of H-pyrrole nitrogens is 1. The SMILES string of the molecule is CC1(C)CCC(CN2CCN(c3ccc(C(=O)NS(=O)(=O)c4cnc(OCC5CCC(C(N)=O)CC5)c(Cl)c4)c(Oc4cccc5[nH]ncc45)c3)CC2)=C(c2ccc(Cl)cc2)C1. The third-order valence-corrected chi connectivity index (χ3v) is 14.3. The fourth-order valence-electron chi connectivity index (χ4n) is 8.73. The zero-order chi connectivity index (χ0) is 43.6. The second-order valence-electron chi connectivity index (χ2n) is 17.4. The van der Waals surface area contributed by atoms with Crippen molar-refractivity contribution >= 4 is 67.2 Å². The summed E-state index contributed by atoms with van der Waals surface area (Å²) in [5.74, 6) is -0.411. The molecule has 1 aliphatic heterocycles. The van der Waals surface area contributed by atoms with Crippen molar-refractivity contribution in [3.63, 3.8) is 0 Å². The molecule has 2 fully saturated rings. The van der Waals surface area contributed by atoms with Crippen LogP contribution in [0.3, 0.4) is 0 Å². The lowest BCUT2D eigenvalue weighted by Crippen LogP contribution is -2.47. The number of primary amides is 1. The number of fused-ring (bicyclic) bond motifs is 1. The first-order valence-electron chi connectivity index (χ1n) is 21.0. The van der Waals surface area contributed by atoms with Crippen molar-refractivity contribution in [2.45, 2.75) is 63.7 Å². The van der Waals surface area contributed by atoms with Gasteiger partial charge in [-0.05, 0) is 110 Å². The maximum atomic E-state index is 13.9. The Morgan fingerprint density at radius 1 is 0.952 bits per heavy atom. The Bertz CT molecular complexity index is 2600. The third-order valence-electron chi connectivity index (χ3n) is 12.4. The smallest absolute Gasteiger partial charge is 0.268 e. The van der Waals surface area contributed by atoms with E-state index in [1.165, 1.54) is 22.8 Å². The lowest BCUT2D eigenvalue weighted by atomic mass is 9.72. The summed E-state index contributed by atoms with van der Waals surface area (Å²) in [4.78, 5) is 34.1. The molecule has 3 aromatic carbocycles. The van der Waals surface area contributed by atoms with E-state index in [1.807, 2.05) is 30.3 Å². The summed E-state index contributed by atoms with van der Waals surface area (Å²) >= 11 is 12.7. The molecule has 3 aliphatic rings. The van der Waals surface area contributed by atoms with E-state index in [1.54, 1.807) is 24.4 Å². The first-order chi connectivity index (χ1) is 29.7. The molecule has 4 N–H and O–H groups in total. The summed E-state index contributed by atoms with van der Waals surface area (Å²) in [7, 11) is -4.43. The van der Waals surface area contributed by atoms with Crippen molar-refractivity contribution in [3.8, 4) is 17.4 Å². The highest BCUT2D eigenvalue weighted by molar-refractivity contribution is 7.90. The molecule has 1 saturated carbocycles. The monoisotopic (exact) mass is 899 g/mol. The highest BCUT2D eigenvalue weighted by Gasteiger charge is 2.31. The average molecular weight is 901 g/mol. The predicted molar refractivity (Wildman–Crippen MR) is 241 cm³/mol. The van der Waals surface area contributed by atoms with Gasteiger partial charge in [-0.15, -0.1) is 0 Å². The number of ether oxygens (including phenoxy) is 2. The van der Waals surface area contributed by atoms with Crippen LogP contribution in [0.4, 0.5) is 5.69 Å². The van der Waals surface area contributed by atoms with E-state index in [0.29, 0.717) is 30.6 Å². The van der Waals surface area contributed by atoms with E-state index in [4.69, 9.17) is 38.4 Å². The largest absolute Gasteiger partial charge is 0.476 e. The molecule has 0 unspecified atom stereocenters. The van der Waals surface area contributed by atoms with Crippen LogP contribution in [0.15, 0.2) is 89.6 Å². The summed E-state index contributed by atoms with van der Waals surface area (Å²) in [5.41, 5.74) is 11.4. The Hall–Kier alpha value is -5.15. The van der Waals surface area contributed by atoms with E-state index >= 15 is 0 Å². The number of carbonyl (C=O) groups excluding carboxylic acids is 2. The third kappa shape index (κ3) is 10.0. The lowest BCUT2D eigenvalue weighted by Gasteiger charge is -2.39. The van der Waals surface area contributed by atoms with Gasteiger partial charge in [0.05, 0.1) is 35.5 Å². The van der Waals surface area contributed by atoms with Crippen LogP contribution in [0.1, 0.15) is 74.7 Å². The number of amides is 2. The van der Waals surface area contributed by atoms with E-state index in [9.17, 15) is 18.0 Å². The van der Waals surface area contributed by atoms with Crippen LogP contribution in [-0.4, -0.2) is 79.6 Å². The second-order valence-corrected chi connectivity index (χ2v) is 19.9. The van der Waals surface area contributed by atoms with Crippen molar-refractivity contribution in [2.24, 2.45) is 23.0 Å². The van der Waals surface area contributed by atoms with Crippen LogP contribution in [-0.2, 0) is 14.8 Å². The van der Waals surface area contributed by atoms with Gasteiger partial charge in [-0.3, -0.25) is 19.6 Å². The Labute approximate surface area is 372 Å². The number of aromatic nitrogens is 3. The summed E-state index contributed by atoms with van der Waals surface area (Å²) in [6, 6.07) is 20.0. The first-order valence-corrected chi connectivity index (χ1v) is 23.3. The van der Waals surface area contributed by atoms with E-state index in [2.05, 4.69) is 55.7 Å². The molecule has 2 aliphatic carbocycles. The molecule has 16 heteroatoms. The van der Waals surface area contributed by atoms with Gasteiger partial charge >= 0.3 is 0 Å². The van der Waals surface area contributed by atoms with Gasteiger partial charge < -0.3 is 20.1 Å². The number of nitrogens with two attached hydrogens (primary N) is 1. The second kappa shape index (κ2) is 18.3. The fourth-order valence-corrected chi connectivity index (χ4v) is 10.1. The van der Waals surface area contributed by atoms with Crippen LogP contribution in [0, 0.1) is 17.3 Å². The number of rotatable bonds is 13. The number of sulfonamides is 1. The Kier molecular flexibility index (Phi) is 12.8. The van der Waals surface area contributed by atoms with Crippen molar-refractivity contribution in [3.05, 3.63) is 106 Å². The number of benzene rings is 3. The number of aromatic amines is 1. The maximum Gasteiger partial charge on any atom is 0.268 e. The number of piperazine rings is 1. The Morgan fingerprint density at radius 2 is 1.71 bits per heavy atom. The van der Waals surface area contributed by atoms with Gasteiger partial charge in [-0.25, -0.2) is 18.1 Å². The molecule has 0 spiro atoms. The molecule has 0 atom stereocenters. The highest BCUT2D eigenvalue weighted by atomic mass is 35.5. The minimum absolute atomic E-state index is 0.0170. The van der Waals surface area contributed by atoms with Crippen LogP contribution in [0.2, 0.25) is 10.0 Å². The molecule has 0 bridgehead atoms. The summed E-state index contributed by atoms with van der Waals surface area (Å²) in [5, 5.41) is 8.49. The molecule has 62 heavy (non-hydrogen) atoms. The number of pyridine rings is 1. The molecule has 13 nitrogen and oxygen atoms in total. The van der Waals surface area contributed by atoms with Gasteiger partial charge in [0.1, 0.15) is 21.4 Å². The standard InChI is InChI=1S/C46H51Cl2N7O6S/c1-46(2)17-16-32(37(24-46)30-10-12-33(47)13-11-30)27-54-18-20-55(21-19-54)34-14-15-36(42(22-34)61-41-5-3-4-40-38(41)26-51-52-40)44(57)53-62(58,59)35-23-39(48)45(50-25-35)60-28-29-6-8-31(9-7-29)43(49)56/h3-5,10-15,22-23,25-26,29,31H,6-9,16-21,24,27-28H2,1-2H3,(H2,49,56)(H,51,52)(H,53,57). The van der Waals surface area contributed by atoms with Gasteiger partial charge in [0.2, 0.25) is 11.8 Å². The molecule has 3 heterocycles. The summed E-state index contributed by atoms with van der Waals surface area (Å²) in [6.45, 7) is 9.05. The van der Waals surface area contributed by atoms with Gasteiger partial charge in [-0.2, -0.15) is 5.10 Å². The molecule has 326 valence electrons.